The predicted octanol–water partition coefficient (Wildman–Crippen LogP) is 3.08. The smallest absolute Gasteiger partial charge is 0.338 e. The first-order valence-electron chi connectivity index (χ1n) is 9.39. The number of aryl methyl sites for hydroxylation is 1. The molecule has 28 heavy (non-hydrogen) atoms. The molecule has 0 fully saturated rings. The Morgan fingerprint density at radius 1 is 1.04 bits per heavy atom. The lowest BCUT2D eigenvalue weighted by atomic mass is 10.0. The summed E-state index contributed by atoms with van der Waals surface area (Å²) in [5.41, 5.74) is 3.99. The first kappa shape index (κ1) is 19.6. The number of fused-ring (bicyclic) bond motifs is 1. The molecule has 0 aromatic heterocycles. The highest BCUT2D eigenvalue weighted by Crippen LogP contribution is 2.24. The highest BCUT2D eigenvalue weighted by atomic mass is 16.5. The van der Waals surface area contributed by atoms with Crippen molar-refractivity contribution in [2.45, 2.75) is 32.6 Å². The molecule has 146 valence electrons. The summed E-state index contributed by atoms with van der Waals surface area (Å²) in [5.74, 6) is -0.681. The summed E-state index contributed by atoms with van der Waals surface area (Å²) in [6, 6.07) is 12.7. The summed E-state index contributed by atoms with van der Waals surface area (Å²) in [6.07, 6.45) is 1.75. The Kier molecular flexibility index (Phi) is 6.42. The van der Waals surface area contributed by atoms with Crippen molar-refractivity contribution >= 4 is 23.5 Å². The molecule has 2 aromatic rings. The second-order valence-corrected chi connectivity index (χ2v) is 6.56. The van der Waals surface area contributed by atoms with Crippen LogP contribution in [0.1, 0.15) is 40.4 Å². The second-order valence-electron chi connectivity index (χ2n) is 6.56. The molecule has 0 saturated carbocycles. The van der Waals surface area contributed by atoms with E-state index in [1.54, 1.807) is 25.1 Å². The number of amides is 1. The predicted molar refractivity (Wildman–Crippen MR) is 104 cm³/mol. The molecule has 1 aliphatic rings. The van der Waals surface area contributed by atoms with E-state index in [0.29, 0.717) is 31.4 Å². The van der Waals surface area contributed by atoms with Gasteiger partial charge < -0.3 is 14.8 Å². The van der Waals surface area contributed by atoms with Crippen LogP contribution in [0.4, 0.5) is 5.69 Å². The molecule has 1 N–H and O–H groups in total. The molecule has 3 rings (SSSR count). The van der Waals surface area contributed by atoms with Gasteiger partial charge in [0, 0.05) is 18.5 Å². The van der Waals surface area contributed by atoms with Gasteiger partial charge in [-0.05, 0) is 48.2 Å². The third-order valence-corrected chi connectivity index (χ3v) is 4.60. The summed E-state index contributed by atoms with van der Waals surface area (Å²) in [7, 11) is 0. The quantitative estimate of drug-likeness (QED) is 0.746. The number of carbonyl (C=O) groups is 3. The van der Waals surface area contributed by atoms with E-state index in [1.165, 1.54) is 0 Å². The zero-order valence-corrected chi connectivity index (χ0v) is 15.8. The summed E-state index contributed by atoms with van der Waals surface area (Å²) in [5, 5.41) is 2.79. The van der Waals surface area contributed by atoms with Crippen LogP contribution in [0, 0.1) is 0 Å². The van der Waals surface area contributed by atoms with E-state index in [2.05, 4.69) is 5.32 Å². The van der Waals surface area contributed by atoms with Crippen molar-refractivity contribution in [1.29, 1.82) is 0 Å². The fraction of sp³-hybridized carbons (Fsp3) is 0.318. The number of hydrogen-bond acceptors (Lipinski definition) is 5. The lowest BCUT2D eigenvalue weighted by Crippen LogP contribution is -2.19. The highest BCUT2D eigenvalue weighted by molar-refractivity contribution is 5.96. The number of hydrogen-bond donors (Lipinski definition) is 1. The molecule has 0 aliphatic carbocycles. The standard InChI is InChI=1S/C22H23NO5/c1-2-27-21(25)14-16-6-4-3-5-15(16)11-12-28-22(26)18-7-9-19-17(13-18)8-10-20(24)23-19/h3-7,9,13H,2,8,10-12,14H2,1H3,(H,23,24). The molecule has 1 aliphatic heterocycles. The molecule has 0 bridgehead atoms. The molecule has 0 unspecified atom stereocenters. The summed E-state index contributed by atoms with van der Waals surface area (Å²) in [4.78, 5) is 35.5. The number of rotatable bonds is 7. The molecule has 0 spiro atoms. The summed E-state index contributed by atoms with van der Waals surface area (Å²) in [6.45, 7) is 2.34. The van der Waals surface area contributed by atoms with E-state index < -0.39 is 5.97 Å². The van der Waals surface area contributed by atoms with Crippen LogP contribution in [0.25, 0.3) is 0 Å². The lowest BCUT2D eigenvalue weighted by Gasteiger charge is -2.17. The Balaban J connectivity index is 1.57. The van der Waals surface area contributed by atoms with E-state index in [1.807, 2.05) is 24.3 Å². The lowest BCUT2D eigenvalue weighted by molar-refractivity contribution is -0.142. The topological polar surface area (TPSA) is 81.7 Å². The van der Waals surface area contributed by atoms with Crippen molar-refractivity contribution in [1.82, 2.24) is 0 Å². The van der Waals surface area contributed by atoms with Crippen LogP contribution in [0.2, 0.25) is 0 Å². The third-order valence-electron chi connectivity index (χ3n) is 4.60. The largest absolute Gasteiger partial charge is 0.466 e. The van der Waals surface area contributed by atoms with E-state index in [-0.39, 0.29) is 24.9 Å². The van der Waals surface area contributed by atoms with Gasteiger partial charge >= 0.3 is 11.9 Å². The average molecular weight is 381 g/mol. The Morgan fingerprint density at radius 3 is 2.61 bits per heavy atom. The van der Waals surface area contributed by atoms with E-state index in [0.717, 1.165) is 22.4 Å². The molecule has 0 atom stereocenters. The van der Waals surface area contributed by atoms with Gasteiger partial charge in [0.1, 0.15) is 0 Å². The van der Waals surface area contributed by atoms with Crippen molar-refractivity contribution < 1.29 is 23.9 Å². The van der Waals surface area contributed by atoms with Crippen LogP contribution in [-0.4, -0.2) is 31.1 Å². The fourth-order valence-electron chi connectivity index (χ4n) is 3.19. The van der Waals surface area contributed by atoms with E-state index in [9.17, 15) is 14.4 Å². The van der Waals surface area contributed by atoms with Crippen LogP contribution in [0.15, 0.2) is 42.5 Å². The minimum Gasteiger partial charge on any atom is -0.466 e. The summed E-state index contributed by atoms with van der Waals surface area (Å²) < 4.78 is 10.4. The molecule has 0 radical (unpaired) electrons. The number of benzene rings is 2. The van der Waals surface area contributed by atoms with Gasteiger partial charge in [0.25, 0.3) is 0 Å². The second kappa shape index (κ2) is 9.17. The van der Waals surface area contributed by atoms with Crippen molar-refractivity contribution in [3.63, 3.8) is 0 Å². The van der Waals surface area contributed by atoms with Crippen LogP contribution >= 0.6 is 0 Å². The van der Waals surface area contributed by atoms with Crippen LogP contribution in [0.5, 0.6) is 0 Å². The summed E-state index contributed by atoms with van der Waals surface area (Å²) >= 11 is 0. The Labute approximate surface area is 163 Å². The molecule has 6 heteroatoms. The SMILES string of the molecule is CCOC(=O)Cc1ccccc1CCOC(=O)c1ccc2c(c1)CCC(=O)N2. The Morgan fingerprint density at radius 2 is 1.82 bits per heavy atom. The first-order chi connectivity index (χ1) is 13.6. The molecule has 0 saturated heterocycles. The van der Waals surface area contributed by atoms with Gasteiger partial charge in [-0.1, -0.05) is 24.3 Å². The van der Waals surface area contributed by atoms with Gasteiger partial charge in [0.05, 0.1) is 25.2 Å². The number of anilines is 1. The maximum Gasteiger partial charge on any atom is 0.338 e. The Bertz CT molecular complexity index is 890. The monoisotopic (exact) mass is 381 g/mol. The van der Waals surface area contributed by atoms with Crippen molar-refractivity contribution in [2.75, 3.05) is 18.5 Å². The molecule has 6 nitrogen and oxygen atoms in total. The number of esters is 2. The number of ether oxygens (including phenoxy) is 2. The van der Waals surface area contributed by atoms with Gasteiger partial charge in [-0.25, -0.2) is 4.79 Å². The fourth-order valence-corrected chi connectivity index (χ4v) is 3.19. The normalized spacial score (nSPS) is 12.7. The first-order valence-corrected chi connectivity index (χ1v) is 9.39. The van der Waals surface area contributed by atoms with Crippen LogP contribution < -0.4 is 5.32 Å². The number of carbonyl (C=O) groups excluding carboxylic acids is 3. The molecular weight excluding hydrogens is 358 g/mol. The van der Waals surface area contributed by atoms with Gasteiger partial charge in [-0.2, -0.15) is 0 Å². The van der Waals surface area contributed by atoms with Gasteiger partial charge in [0.15, 0.2) is 0 Å². The zero-order valence-electron chi connectivity index (χ0n) is 15.8. The maximum atomic E-state index is 12.3. The molecule has 2 aromatic carbocycles. The molecule has 1 amide bonds. The minimum absolute atomic E-state index is 0.00990. The van der Waals surface area contributed by atoms with Crippen molar-refractivity contribution in [3.8, 4) is 0 Å². The highest BCUT2D eigenvalue weighted by Gasteiger charge is 2.17. The minimum atomic E-state index is -0.400. The number of nitrogens with one attached hydrogen (secondary N) is 1. The van der Waals surface area contributed by atoms with Gasteiger partial charge in [-0.3, -0.25) is 9.59 Å². The van der Waals surface area contributed by atoms with Gasteiger partial charge in [0.2, 0.25) is 5.91 Å². The molecular formula is C22H23NO5. The van der Waals surface area contributed by atoms with E-state index >= 15 is 0 Å². The zero-order chi connectivity index (χ0) is 19.9. The van der Waals surface area contributed by atoms with Gasteiger partial charge in [-0.15, -0.1) is 0 Å². The van der Waals surface area contributed by atoms with Crippen LogP contribution in [-0.2, 0) is 38.3 Å². The van der Waals surface area contributed by atoms with Crippen LogP contribution in [0.3, 0.4) is 0 Å². The average Bonchev–Trinajstić information content (AvgIpc) is 2.69. The molecule has 1 heterocycles. The van der Waals surface area contributed by atoms with Crippen molar-refractivity contribution in [2.24, 2.45) is 0 Å². The Hall–Kier alpha value is -3.15. The van der Waals surface area contributed by atoms with Crippen molar-refractivity contribution in [3.05, 3.63) is 64.7 Å². The van der Waals surface area contributed by atoms with E-state index in [4.69, 9.17) is 9.47 Å². The third kappa shape index (κ3) is 4.97. The maximum absolute atomic E-state index is 12.3.